The number of rotatable bonds is 4. The van der Waals surface area contributed by atoms with Crippen LogP contribution in [0.5, 0.6) is 0 Å². The minimum atomic E-state index is -2.47. The first-order chi connectivity index (χ1) is 9.01. The molecule has 2 atom stereocenters. The average Bonchev–Trinajstić information content (AvgIpc) is 2.36. The Morgan fingerprint density at radius 1 is 0.800 bits per heavy atom. The summed E-state index contributed by atoms with van der Waals surface area (Å²) in [6, 6.07) is 0. The molecule has 20 heavy (non-hydrogen) atoms. The molecule has 0 N–H and O–H groups in total. The Bertz CT molecular complexity index is 447. The maximum atomic E-state index is 14.1. The third kappa shape index (κ3) is 2.57. The highest BCUT2D eigenvalue weighted by molar-refractivity contribution is 6.15. The van der Waals surface area contributed by atoms with Crippen molar-refractivity contribution in [2.75, 3.05) is 0 Å². The second-order valence-corrected chi connectivity index (χ2v) is 5.79. The van der Waals surface area contributed by atoms with Crippen molar-refractivity contribution in [1.82, 2.24) is 0 Å². The standard InChI is InChI=1S/C14H18BF5/c1-5-13(3,15)7-9(16)11(18)8(12(19)10(7)17)14(4,20)6-2/h5-6,15H2,1-4H3/t13?,14-/m1/s1. The van der Waals surface area contributed by atoms with Crippen LogP contribution in [-0.2, 0) is 11.0 Å². The van der Waals surface area contributed by atoms with Gasteiger partial charge in [-0.15, -0.1) is 0 Å². The Hall–Kier alpha value is -1.07. The fourth-order valence-corrected chi connectivity index (χ4v) is 2.04. The number of hydrogen-bond acceptors (Lipinski definition) is 0. The van der Waals surface area contributed by atoms with Crippen LogP contribution in [0.25, 0.3) is 0 Å². The van der Waals surface area contributed by atoms with Crippen LogP contribution in [0.4, 0.5) is 22.0 Å². The number of alkyl halides is 1. The van der Waals surface area contributed by atoms with Crippen molar-refractivity contribution in [2.24, 2.45) is 0 Å². The van der Waals surface area contributed by atoms with E-state index in [1.54, 1.807) is 6.92 Å². The summed E-state index contributed by atoms with van der Waals surface area (Å²) in [5, 5.41) is -1.09. The third-order valence-electron chi connectivity index (χ3n) is 4.01. The fourth-order valence-electron chi connectivity index (χ4n) is 2.04. The summed E-state index contributed by atoms with van der Waals surface area (Å²) in [7, 11) is 1.47. The zero-order chi connectivity index (χ0) is 15.9. The molecule has 0 saturated carbocycles. The SMILES string of the molecule is BC(C)(CC)c1c(F)c(F)c([C@](C)(F)CC)c(F)c1F. The van der Waals surface area contributed by atoms with Gasteiger partial charge >= 0.3 is 0 Å². The maximum absolute atomic E-state index is 14.1. The van der Waals surface area contributed by atoms with Crippen LogP contribution in [0.2, 0.25) is 0 Å². The minimum Gasteiger partial charge on any atom is -0.239 e. The zero-order valence-corrected chi connectivity index (χ0v) is 12.3. The third-order valence-corrected chi connectivity index (χ3v) is 4.01. The van der Waals surface area contributed by atoms with E-state index in [2.05, 4.69) is 0 Å². The molecule has 1 aromatic carbocycles. The topological polar surface area (TPSA) is 0 Å². The van der Waals surface area contributed by atoms with E-state index in [1.165, 1.54) is 21.7 Å². The predicted molar refractivity (Wildman–Crippen MR) is 71.2 cm³/mol. The fraction of sp³-hybridized carbons (Fsp3) is 0.571. The van der Waals surface area contributed by atoms with Gasteiger partial charge in [0.15, 0.2) is 23.3 Å². The van der Waals surface area contributed by atoms with Crippen molar-refractivity contribution in [1.29, 1.82) is 0 Å². The normalized spacial score (nSPS) is 17.6. The van der Waals surface area contributed by atoms with E-state index < -0.39 is 45.4 Å². The Morgan fingerprint density at radius 3 is 1.45 bits per heavy atom. The molecule has 0 fully saturated rings. The van der Waals surface area contributed by atoms with Crippen LogP contribution in [0.15, 0.2) is 0 Å². The summed E-state index contributed by atoms with van der Waals surface area (Å²) in [4.78, 5) is 0. The molecule has 0 aliphatic rings. The van der Waals surface area contributed by atoms with Crippen LogP contribution in [0.3, 0.4) is 0 Å². The van der Waals surface area contributed by atoms with Gasteiger partial charge in [-0.1, -0.05) is 27.2 Å². The summed E-state index contributed by atoms with van der Waals surface area (Å²) in [6.07, 6.45) is -0.0179. The van der Waals surface area contributed by atoms with Gasteiger partial charge < -0.3 is 0 Å². The van der Waals surface area contributed by atoms with Gasteiger partial charge in [0.2, 0.25) is 0 Å². The van der Waals surface area contributed by atoms with Crippen molar-refractivity contribution >= 4 is 7.85 Å². The van der Waals surface area contributed by atoms with E-state index in [9.17, 15) is 22.0 Å². The van der Waals surface area contributed by atoms with E-state index in [0.717, 1.165) is 6.92 Å². The lowest BCUT2D eigenvalue weighted by molar-refractivity contribution is 0.166. The van der Waals surface area contributed by atoms with E-state index >= 15 is 0 Å². The van der Waals surface area contributed by atoms with E-state index in [1.807, 2.05) is 0 Å². The molecule has 0 aromatic heterocycles. The molecule has 6 heteroatoms. The highest BCUT2D eigenvalue weighted by Gasteiger charge is 2.39. The van der Waals surface area contributed by atoms with Gasteiger partial charge in [-0.2, -0.15) is 0 Å². The molecule has 112 valence electrons. The van der Waals surface area contributed by atoms with E-state index in [0.29, 0.717) is 0 Å². The maximum Gasteiger partial charge on any atom is 0.168 e. The van der Waals surface area contributed by atoms with Crippen LogP contribution < -0.4 is 0 Å². The first-order valence-corrected chi connectivity index (χ1v) is 6.57. The van der Waals surface area contributed by atoms with Crippen LogP contribution in [-0.4, -0.2) is 7.85 Å². The molecule has 0 aliphatic carbocycles. The smallest absolute Gasteiger partial charge is 0.168 e. The molecule has 1 rings (SSSR count). The van der Waals surface area contributed by atoms with Crippen LogP contribution in [0, 0.1) is 23.3 Å². The van der Waals surface area contributed by atoms with Gasteiger partial charge in [0.25, 0.3) is 0 Å². The molecule has 0 saturated heterocycles. The lowest BCUT2D eigenvalue weighted by atomic mass is 9.63. The lowest BCUT2D eigenvalue weighted by Gasteiger charge is -2.28. The predicted octanol–water partition coefficient (Wildman–Crippen LogP) is 4.10. The summed E-state index contributed by atoms with van der Waals surface area (Å²) >= 11 is 0. The molecule has 1 unspecified atom stereocenters. The molecule has 0 heterocycles. The zero-order valence-electron chi connectivity index (χ0n) is 12.3. The highest BCUT2D eigenvalue weighted by atomic mass is 19.2. The minimum absolute atomic E-state index is 0.278. The van der Waals surface area contributed by atoms with E-state index in [-0.39, 0.29) is 12.8 Å². The largest absolute Gasteiger partial charge is 0.239 e. The number of benzene rings is 1. The van der Waals surface area contributed by atoms with Crippen molar-refractivity contribution in [3.05, 3.63) is 34.4 Å². The Kier molecular flexibility index (Phi) is 4.57. The molecule has 0 radical (unpaired) electrons. The summed E-state index contributed by atoms with van der Waals surface area (Å²) in [5.41, 5.74) is -4.32. The first kappa shape index (κ1) is 17.0. The number of halogens is 5. The molecule has 1 aromatic rings. The second kappa shape index (κ2) is 5.37. The summed E-state index contributed by atoms with van der Waals surface area (Å²) < 4.78 is 70.4. The van der Waals surface area contributed by atoms with Crippen molar-refractivity contribution in [3.8, 4) is 0 Å². The van der Waals surface area contributed by atoms with Crippen molar-refractivity contribution in [2.45, 2.75) is 51.5 Å². The first-order valence-electron chi connectivity index (χ1n) is 6.57. The van der Waals surface area contributed by atoms with Crippen molar-refractivity contribution in [3.63, 3.8) is 0 Å². The molecule has 0 nitrogen and oxygen atoms in total. The Morgan fingerprint density at radius 2 is 1.15 bits per heavy atom. The van der Waals surface area contributed by atoms with Gasteiger partial charge in [-0.3, -0.25) is 0 Å². The average molecular weight is 292 g/mol. The van der Waals surface area contributed by atoms with Gasteiger partial charge in [0.1, 0.15) is 13.5 Å². The van der Waals surface area contributed by atoms with Crippen LogP contribution in [0.1, 0.15) is 51.7 Å². The molecule has 0 amide bonds. The lowest BCUT2D eigenvalue weighted by Crippen LogP contribution is -2.29. The Balaban J connectivity index is 3.76. The molecular formula is C14H18BF5. The van der Waals surface area contributed by atoms with Crippen LogP contribution >= 0.6 is 0 Å². The monoisotopic (exact) mass is 292 g/mol. The second-order valence-electron chi connectivity index (χ2n) is 5.79. The summed E-state index contributed by atoms with van der Waals surface area (Å²) in [6.45, 7) is 5.37. The number of hydrogen-bond donors (Lipinski definition) is 0. The molecule has 0 aliphatic heterocycles. The van der Waals surface area contributed by atoms with Crippen molar-refractivity contribution < 1.29 is 22.0 Å². The van der Waals surface area contributed by atoms with E-state index in [4.69, 9.17) is 0 Å². The Labute approximate surface area is 116 Å². The molecular weight excluding hydrogens is 274 g/mol. The summed E-state index contributed by atoms with van der Waals surface area (Å²) in [5.74, 6) is -6.31. The quantitative estimate of drug-likeness (QED) is 0.445. The molecule has 0 spiro atoms. The van der Waals surface area contributed by atoms with Gasteiger partial charge in [0.05, 0.1) is 5.56 Å². The molecule has 0 bridgehead atoms. The van der Waals surface area contributed by atoms with Gasteiger partial charge in [-0.05, 0) is 18.7 Å². The van der Waals surface area contributed by atoms with Gasteiger partial charge in [0, 0.05) is 5.56 Å². The van der Waals surface area contributed by atoms with Gasteiger partial charge in [-0.25, -0.2) is 22.0 Å². The highest BCUT2D eigenvalue weighted by Crippen LogP contribution is 2.39.